The lowest BCUT2D eigenvalue weighted by Gasteiger charge is -2.28. The van der Waals surface area contributed by atoms with E-state index in [0.29, 0.717) is 5.75 Å². The molecule has 3 rings (SSSR count). The Hall–Kier alpha value is -2.41. The van der Waals surface area contributed by atoms with Crippen LogP contribution in [0.2, 0.25) is 0 Å². The standard InChI is InChI=1S/C22H29FN3O8PS/c1-13(2)32-19(29)14(3)25-35(36,34-15-8-6-5-7-9-15)31-12-16-18(28)22(4,23)20(33-16)26-11-10-17(27)24-21(26)30/h5-11,13-14,16,18,20,28H,12H2,1-4H3,(H,25,36)(H,24,27,30)/t14?,16?,18?,20-,22?,35?/m1/s1. The van der Waals surface area contributed by atoms with Gasteiger partial charge in [0.1, 0.15) is 24.0 Å². The van der Waals surface area contributed by atoms with Crippen LogP contribution in [-0.4, -0.2) is 57.3 Å². The van der Waals surface area contributed by atoms with Crippen molar-refractivity contribution in [2.45, 2.75) is 63.9 Å². The summed E-state index contributed by atoms with van der Waals surface area (Å²) >= 11 is 5.60. The molecule has 1 fully saturated rings. The molecule has 1 aromatic carbocycles. The largest absolute Gasteiger partial charge is 0.462 e. The molecular formula is C22H29FN3O8PS. The number of esters is 1. The minimum atomic E-state index is -3.47. The van der Waals surface area contributed by atoms with Crippen molar-refractivity contribution < 1.29 is 32.8 Å². The molecule has 36 heavy (non-hydrogen) atoms. The summed E-state index contributed by atoms with van der Waals surface area (Å²) < 4.78 is 38.9. The summed E-state index contributed by atoms with van der Waals surface area (Å²) in [4.78, 5) is 37.9. The van der Waals surface area contributed by atoms with Gasteiger partial charge in [0.05, 0.1) is 12.7 Å². The lowest BCUT2D eigenvalue weighted by molar-refractivity contribution is -0.149. The monoisotopic (exact) mass is 545 g/mol. The molecule has 11 nitrogen and oxygen atoms in total. The van der Waals surface area contributed by atoms with E-state index < -0.39 is 60.6 Å². The van der Waals surface area contributed by atoms with Crippen LogP contribution in [0.15, 0.2) is 52.2 Å². The minimum Gasteiger partial charge on any atom is -0.462 e. The lowest BCUT2D eigenvalue weighted by Crippen LogP contribution is -2.43. The van der Waals surface area contributed by atoms with Crippen LogP contribution >= 0.6 is 6.64 Å². The Labute approximate surface area is 211 Å². The molecule has 0 bridgehead atoms. The summed E-state index contributed by atoms with van der Waals surface area (Å²) in [6.45, 7) is 2.10. The van der Waals surface area contributed by atoms with Gasteiger partial charge in [0, 0.05) is 12.3 Å². The van der Waals surface area contributed by atoms with Crippen molar-refractivity contribution >= 4 is 24.4 Å². The number of rotatable bonds is 10. The molecule has 1 aliphatic heterocycles. The Morgan fingerprint density at radius 2 is 1.97 bits per heavy atom. The number of hydrogen-bond acceptors (Lipinski definition) is 9. The van der Waals surface area contributed by atoms with E-state index in [9.17, 15) is 19.5 Å². The number of aromatic nitrogens is 2. The zero-order valence-electron chi connectivity index (χ0n) is 20.1. The molecule has 0 saturated carbocycles. The Morgan fingerprint density at radius 3 is 2.58 bits per heavy atom. The van der Waals surface area contributed by atoms with Crippen LogP contribution in [0.1, 0.15) is 33.9 Å². The van der Waals surface area contributed by atoms with Gasteiger partial charge in [-0.05, 0) is 51.6 Å². The van der Waals surface area contributed by atoms with Crippen LogP contribution in [0.4, 0.5) is 4.39 Å². The summed E-state index contributed by atoms with van der Waals surface area (Å²) in [6.07, 6.45) is -3.80. The minimum absolute atomic E-state index is 0.354. The molecule has 2 heterocycles. The molecule has 1 saturated heterocycles. The molecule has 198 valence electrons. The smallest absolute Gasteiger partial charge is 0.330 e. The molecule has 0 radical (unpaired) electrons. The fourth-order valence-electron chi connectivity index (χ4n) is 3.47. The Morgan fingerprint density at radius 1 is 1.31 bits per heavy atom. The summed E-state index contributed by atoms with van der Waals surface area (Å²) in [6, 6.07) is 8.62. The number of halogens is 1. The van der Waals surface area contributed by atoms with Crippen LogP contribution < -0.4 is 20.9 Å². The molecule has 6 atom stereocenters. The van der Waals surface area contributed by atoms with Gasteiger partial charge in [-0.15, -0.1) is 0 Å². The third-order valence-corrected chi connectivity index (χ3v) is 7.76. The van der Waals surface area contributed by atoms with Gasteiger partial charge in [0.15, 0.2) is 11.9 Å². The van der Waals surface area contributed by atoms with Crippen molar-refractivity contribution in [1.82, 2.24) is 14.6 Å². The fourth-order valence-corrected chi connectivity index (χ4v) is 5.89. The van der Waals surface area contributed by atoms with Gasteiger partial charge in [-0.1, -0.05) is 18.2 Å². The third kappa shape index (κ3) is 6.67. The number of nitrogens with zero attached hydrogens (tertiary/aromatic N) is 1. The number of carbonyl (C=O) groups excluding carboxylic acids is 1. The first-order valence-corrected chi connectivity index (χ1v) is 13.8. The maximum atomic E-state index is 15.5. The zero-order valence-corrected chi connectivity index (χ0v) is 21.8. The molecule has 1 aromatic heterocycles. The summed E-state index contributed by atoms with van der Waals surface area (Å²) in [5.41, 5.74) is -3.98. The highest BCUT2D eigenvalue weighted by molar-refractivity contribution is 8.09. The molecule has 0 spiro atoms. The number of aliphatic hydroxyl groups excluding tert-OH is 1. The van der Waals surface area contributed by atoms with Crippen LogP contribution in [0, 0.1) is 0 Å². The average Bonchev–Trinajstić information content (AvgIpc) is 3.01. The number of para-hydroxylation sites is 1. The van der Waals surface area contributed by atoms with Gasteiger partial charge in [0.2, 0.25) is 0 Å². The predicted molar refractivity (Wildman–Crippen MR) is 132 cm³/mol. The van der Waals surface area contributed by atoms with Gasteiger partial charge in [0.25, 0.3) is 5.56 Å². The highest BCUT2D eigenvalue weighted by Gasteiger charge is 2.55. The molecule has 2 aromatic rings. The van der Waals surface area contributed by atoms with Gasteiger partial charge in [-0.25, -0.2) is 14.3 Å². The SMILES string of the molecule is CC(C)OC(=O)C(C)NP(=S)(OCC1O[C@@H](n2ccc(=O)[nH]c2=O)C(C)(F)C1O)Oc1ccccc1. The number of H-pyrrole nitrogens is 1. The molecule has 5 unspecified atom stereocenters. The maximum absolute atomic E-state index is 15.5. The molecular weight excluding hydrogens is 516 g/mol. The average molecular weight is 546 g/mol. The second-order valence-corrected chi connectivity index (χ2v) is 11.8. The Kier molecular flexibility index (Phi) is 8.86. The summed E-state index contributed by atoms with van der Waals surface area (Å²) in [5.74, 6) is -0.218. The highest BCUT2D eigenvalue weighted by Crippen LogP contribution is 2.47. The van der Waals surface area contributed by atoms with Crippen molar-refractivity contribution in [1.29, 1.82) is 0 Å². The number of benzene rings is 1. The normalized spacial score (nSPS) is 26.4. The maximum Gasteiger partial charge on any atom is 0.330 e. The zero-order chi connectivity index (χ0) is 26.7. The van der Waals surface area contributed by atoms with Crippen molar-refractivity contribution in [3.8, 4) is 5.75 Å². The summed E-state index contributed by atoms with van der Waals surface area (Å²) in [7, 11) is 0. The number of aromatic amines is 1. The van der Waals surface area contributed by atoms with Crippen molar-refractivity contribution in [2.24, 2.45) is 0 Å². The van der Waals surface area contributed by atoms with Crippen LogP contribution in [0.3, 0.4) is 0 Å². The van der Waals surface area contributed by atoms with Gasteiger partial charge < -0.3 is 23.6 Å². The lowest BCUT2D eigenvalue weighted by atomic mass is 9.98. The number of nitrogens with one attached hydrogen (secondary N) is 2. The summed E-state index contributed by atoms with van der Waals surface area (Å²) in [5, 5.41) is 13.5. The molecule has 3 N–H and O–H groups in total. The second kappa shape index (κ2) is 11.3. The first kappa shape index (κ1) is 28.2. The second-order valence-electron chi connectivity index (χ2n) is 8.67. The Bertz CT molecular complexity index is 1220. The fraction of sp³-hybridized carbons (Fsp3) is 0.500. The number of carbonyl (C=O) groups is 1. The van der Waals surface area contributed by atoms with E-state index >= 15 is 4.39 Å². The van der Waals surface area contributed by atoms with E-state index in [2.05, 4.69) is 5.09 Å². The van der Waals surface area contributed by atoms with Gasteiger partial charge in [-0.2, -0.15) is 0 Å². The molecule has 0 aliphatic carbocycles. The topological polar surface area (TPSA) is 141 Å². The molecule has 0 amide bonds. The van der Waals surface area contributed by atoms with E-state index in [0.717, 1.165) is 23.8 Å². The molecule has 14 heteroatoms. The van der Waals surface area contributed by atoms with Crippen LogP contribution in [0.25, 0.3) is 0 Å². The van der Waals surface area contributed by atoms with Gasteiger partial charge in [-0.3, -0.25) is 19.1 Å². The van der Waals surface area contributed by atoms with E-state index in [-0.39, 0.29) is 6.10 Å². The number of hydrogen-bond donors (Lipinski definition) is 3. The van der Waals surface area contributed by atoms with Gasteiger partial charge >= 0.3 is 18.3 Å². The third-order valence-electron chi connectivity index (χ3n) is 5.26. The van der Waals surface area contributed by atoms with E-state index in [1.807, 2.05) is 4.98 Å². The van der Waals surface area contributed by atoms with E-state index in [4.69, 9.17) is 30.3 Å². The van der Waals surface area contributed by atoms with Crippen LogP contribution in [0.5, 0.6) is 5.75 Å². The number of aliphatic hydroxyl groups is 1. The van der Waals surface area contributed by atoms with E-state index in [1.54, 1.807) is 44.2 Å². The van der Waals surface area contributed by atoms with E-state index in [1.165, 1.54) is 6.92 Å². The molecule has 1 aliphatic rings. The Balaban J connectivity index is 1.80. The van der Waals surface area contributed by atoms with Crippen molar-refractivity contribution in [2.75, 3.05) is 6.61 Å². The highest BCUT2D eigenvalue weighted by atomic mass is 32.5. The number of alkyl halides is 1. The first-order chi connectivity index (χ1) is 16.8. The van der Waals surface area contributed by atoms with Crippen molar-refractivity contribution in [3.05, 3.63) is 63.4 Å². The first-order valence-electron chi connectivity index (χ1n) is 11.1. The predicted octanol–water partition coefficient (Wildman–Crippen LogP) is 1.77. The van der Waals surface area contributed by atoms with Crippen molar-refractivity contribution in [3.63, 3.8) is 0 Å². The quantitative estimate of drug-likeness (QED) is 0.299. The van der Waals surface area contributed by atoms with Crippen LogP contribution in [-0.2, 0) is 30.6 Å². The number of ether oxygens (including phenoxy) is 2.